The minimum atomic E-state index is -0.309. The Morgan fingerprint density at radius 3 is 2.75 bits per heavy atom. The second-order valence-corrected chi connectivity index (χ2v) is 6.49. The minimum absolute atomic E-state index is 0.201. The average molecular weight is 280 g/mol. The first kappa shape index (κ1) is 15.1. The van der Waals surface area contributed by atoms with Crippen LogP contribution in [-0.2, 0) is 0 Å². The monoisotopic (exact) mass is 280 g/mol. The van der Waals surface area contributed by atoms with Crippen molar-refractivity contribution in [2.45, 2.75) is 33.2 Å². The van der Waals surface area contributed by atoms with Crippen LogP contribution in [0.5, 0.6) is 5.75 Å². The Labute approximate surface area is 121 Å². The van der Waals surface area contributed by atoms with Gasteiger partial charge in [-0.3, -0.25) is 0 Å². The molecule has 1 aromatic rings. The Bertz CT molecular complexity index is 456. The summed E-state index contributed by atoms with van der Waals surface area (Å²) in [5, 5.41) is 3.61. The van der Waals surface area contributed by atoms with E-state index in [1.807, 2.05) is 6.07 Å². The summed E-state index contributed by atoms with van der Waals surface area (Å²) in [7, 11) is 1.50. The van der Waals surface area contributed by atoms with E-state index >= 15 is 0 Å². The largest absolute Gasteiger partial charge is 0.494 e. The molecule has 0 amide bonds. The number of anilines is 1. The average Bonchev–Trinajstić information content (AvgIpc) is 2.64. The molecule has 1 saturated heterocycles. The second kappa shape index (κ2) is 6.00. The Kier molecular flexibility index (Phi) is 4.53. The predicted octanol–water partition coefficient (Wildman–Crippen LogP) is 3.05. The van der Waals surface area contributed by atoms with Crippen LogP contribution in [0, 0.1) is 11.2 Å². The molecule has 1 aromatic carbocycles. The third kappa shape index (κ3) is 3.42. The van der Waals surface area contributed by atoms with Gasteiger partial charge in [0.05, 0.1) is 7.11 Å². The van der Waals surface area contributed by atoms with Crippen LogP contribution in [0.15, 0.2) is 18.2 Å². The maximum absolute atomic E-state index is 13.5. The molecule has 0 radical (unpaired) electrons. The summed E-state index contributed by atoms with van der Waals surface area (Å²) in [6.07, 6.45) is 1.09. The zero-order valence-corrected chi connectivity index (χ0v) is 12.9. The summed E-state index contributed by atoms with van der Waals surface area (Å²) < 4.78 is 18.6. The Hall–Kier alpha value is -1.29. The van der Waals surface area contributed by atoms with Crippen LogP contribution < -0.4 is 15.0 Å². The maximum Gasteiger partial charge on any atom is 0.165 e. The van der Waals surface area contributed by atoms with E-state index in [4.69, 9.17) is 4.74 Å². The number of nitrogens with zero attached hydrogens (tertiary/aromatic N) is 1. The van der Waals surface area contributed by atoms with Gasteiger partial charge >= 0.3 is 0 Å². The van der Waals surface area contributed by atoms with Crippen molar-refractivity contribution in [3.05, 3.63) is 24.0 Å². The van der Waals surface area contributed by atoms with Crippen LogP contribution in [0.1, 0.15) is 27.2 Å². The molecular formula is C16H25FN2O. The zero-order valence-electron chi connectivity index (χ0n) is 12.9. The van der Waals surface area contributed by atoms with Gasteiger partial charge in [0.1, 0.15) is 0 Å². The van der Waals surface area contributed by atoms with Crippen molar-refractivity contribution < 1.29 is 9.13 Å². The van der Waals surface area contributed by atoms with E-state index in [-0.39, 0.29) is 11.2 Å². The van der Waals surface area contributed by atoms with E-state index in [9.17, 15) is 4.39 Å². The molecule has 1 unspecified atom stereocenters. The van der Waals surface area contributed by atoms with Gasteiger partial charge in [-0.2, -0.15) is 0 Å². The van der Waals surface area contributed by atoms with Gasteiger partial charge in [-0.15, -0.1) is 0 Å². The van der Waals surface area contributed by atoms with Crippen LogP contribution in [0.2, 0.25) is 0 Å². The summed E-state index contributed by atoms with van der Waals surface area (Å²) in [5.74, 6) is 0.00332. The number of hydrogen-bond acceptors (Lipinski definition) is 3. The molecule has 3 nitrogen and oxygen atoms in total. The van der Waals surface area contributed by atoms with E-state index in [1.54, 1.807) is 6.07 Å². The molecule has 1 N–H and O–H groups in total. The number of benzene rings is 1. The van der Waals surface area contributed by atoms with Gasteiger partial charge in [0.15, 0.2) is 11.6 Å². The quantitative estimate of drug-likeness (QED) is 0.901. The standard InChI is InChI=1S/C16H25FN2O/c1-16(2,3)15-11-19(9-5-8-18-15)12-6-7-13(17)14(10-12)20-4/h6-7,10,15,18H,5,8-9,11H2,1-4H3. The number of nitrogens with one attached hydrogen (secondary N) is 1. The van der Waals surface area contributed by atoms with Crippen LogP contribution in [-0.4, -0.2) is 32.8 Å². The smallest absolute Gasteiger partial charge is 0.165 e. The normalized spacial score (nSPS) is 20.6. The first-order valence-electron chi connectivity index (χ1n) is 7.23. The Morgan fingerprint density at radius 2 is 2.10 bits per heavy atom. The molecule has 1 aliphatic heterocycles. The second-order valence-electron chi connectivity index (χ2n) is 6.49. The van der Waals surface area contributed by atoms with Crippen molar-refractivity contribution >= 4 is 5.69 Å². The van der Waals surface area contributed by atoms with E-state index in [1.165, 1.54) is 13.2 Å². The van der Waals surface area contributed by atoms with Crippen molar-refractivity contribution in [1.82, 2.24) is 5.32 Å². The molecule has 0 aromatic heterocycles. The molecule has 0 saturated carbocycles. The maximum atomic E-state index is 13.5. The van der Waals surface area contributed by atoms with Gasteiger partial charge in [0, 0.05) is 30.9 Å². The molecule has 20 heavy (non-hydrogen) atoms. The Morgan fingerprint density at radius 1 is 1.35 bits per heavy atom. The number of hydrogen-bond donors (Lipinski definition) is 1. The minimum Gasteiger partial charge on any atom is -0.494 e. The summed E-state index contributed by atoms with van der Waals surface area (Å²) >= 11 is 0. The lowest BCUT2D eigenvalue weighted by molar-refractivity contribution is 0.280. The van der Waals surface area contributed by atoms with Crippen molar-refractivity contribution in [1.29, 1.82) is 0 Å². The SMILES string of the molecule is COc1cc(N2CCCNC(C(C)(C)C)C2)ccc1F. The zero-order chi connectivity index (χ0) is 14.8. The molecule has 2 rings (SSSR count). The highest BCUT2D eigenvalue weighted by Gasteiger charge is 2.28. The molecule has 0 aliphatic carbocycles. The van der Waals surface area contributed by atoms with Gasteiger partial charge in [-0.1, -0.05) is 20.8 Å². The Balaban J connectivity index is 2.22. The van der Waals surface area contributed by atoms with Crippen molar-refractivity contribution in [2.75, 3.05) is 31.6 Å². The van der Waals surface area contributed by atoms with Crippen LogP contribution in [0.4, 0.5) is 10.1 Å². The van der Waals surface area contributed by atoms with Gasteiger partial charge in [0.25, 0.3) is 0 Å². The molecule has 1 fully saturated rings. The molecular weight excluding hydrogens is 255 g/mol. The van der Waals surface area contributed by atoms with E-state index in [0.29, 0.717) is 11.8 Å². The number of ether oxygens (including phenoxy) is 1. The van der Waals surface area contributed by atoms with Crippen LogP contribution in [0.25, 0.3) is 0 Å². The van der Waals surface area contributed by atoms with Gasteiger partial charge < -0.3 is 15.0 Å². The summed E-state index contributed by atoms with van der Waals surface area (Å²) in [4.78, 5) is 2.32. The molecule has 1 atom stereocenters. The number of methoxy groups -OCH3 is 1. The van der Waals surface area contributed by atoms with Gasteiger partial charge in [0.2, 0.25) is 0 Å². The first-order chi connectivity index (χ1) is 9.41. The third-order valence-corrected chi connectivity index (χ3v) is 3.94. The van der Waals surface area contributed by atoms with E-state index in [2.05, 4.69) is 31.0 Å². The van der Waals surface area contributed by atoms with E-state index < -0.39 is 0 Å². The molecule has 1 aliphatic rings. The van der Waals surface area contributed by atoms with Crippen LogP contribution >= 0.6 is 0 Å². The van der Waals surface area contributed by atoms with Gasteiger partial charge in [-0.05, 0) is 30.5 Å². The van der Waals surface area contributed by atoms with Crippen LogP contribution in [0.3, 0.4) is 0 Å². The molecule has 1 heterocycles. The molecule has 0 spiro atoms. The summed E-state index contributed by atoms with van der Waals surface area (Å²) in [5.41, 5.74) is 1.23. The lowest BCUT2D eigenvalue weighted by atomic mass is 9.86. The predicted molar refractivity (Wildman–Crippen MR) is 81.0 cm³/mol. The molecule has 112 valence electrons. The fraction of sp³-hybridized carbons (Fsp3) is 0.625. The lowest BCUT2D eigenvalue weighted by Gasteiger charge is -2.34. The topological polar surface area (TPSA) is 24.5 Å². The first-order valence-corrected chi connectivity index (χ1v) is 7.23. The van der Waals surface area contributed by atoms with Crippen molar-refractivity contribution in [3.63, 3.8) is 0 Å². The lowest BCUT2D eigenvalue weighted by Crippen LogP contribution is -2.46. The van der Waals surface area contributed by atoms with Gasteiger partial charge in [-0.25, -0.2) is 4.39 Å². The summed E-state index contributed by atoms with van der Waals surface area (Å²) in [6.45, 7) is 9.68. The number of rotatable bonds is 2. The highest BCUT2D eigenvalue weighted by Crippen LogP contribution is 2.28. The molecule has 0 bridgehead atoms. The fourth-order valence-corrected chi connectivity index (χ4v) is 2.58. The number of halogens is 1. The van der Waals surface area contributed by atoms with Crippen molar-refractivity contribution in [2.24, 2.45) is 5.41 Å². The highest BCUT2D eigenvalue weighted by atomic mass is 19.1. The van der Waals surface area contributed by atoms with E-state index in [0.717, 1.165) is 31.7 Å². The summed E-state index contributed by atoms with van der Waals surface area (Å²) in [6, 6.07) is 5.53. The fourth-order valence-electron chi connectivity index (χ4n) is 2.58. The highest BCUT2D eigenvalue weighted by molar-refractivity contribution is 5.51. The third-order valence-electron chi connectivity index (χ3n) is 3.94. The molecule has 4 heteroatoms. The van der Waals surface area contributed by atoms with Crippen molar-refractivity contribution in [3.8, 4) is 5.75 Å².